The fraction of sp³-hybridized carbons (Fsp3) is 0.118. The number of aromatic amines is 1. The molecule has 0 aliphatic carbocycles. The molecule has 0 unspecified atom stereocenters. The molecule has 0 bridgehead atoms. The molecule has 3 rings (SSSR count). The second-order valence-corrected chi connectivity index (χ2v) is 5.63. The molecule has 0 aliphatic rings. The highest BCUT2D eigenvalue weighted by Gasteiger charge is 2.08. The summed E-state index contributed by atoms with van der Waals surface area (Å²) in [6.45, 7) is 0. The summed E-state index contributed by atoms with van der Waals surface area (Å²) in [5.41, 5.74) is 2.05. The van der Waals surface area contributed by atoms with Crippen molar-refractivity contribution in [3.8, 4) is 11.4 Å². The van der Waals surface area contributed by atoms with Crippen LogP contribution in [0.4, 0.5) is 5.69 Å². The topological polar surface area (TPSA) is 62.4 Å². The molecule has 0 saturated heterocycles. The average Bonchev–Trinajstić information content (AvgIpc) is 3.22. The van der Waals surface area contributed by atoms with Crippen LogP contribution in [0.15, 0.2) is 58.3 Å². The van der Waals surface area contributed by atoms with Crippen molar-refractivity contribution in [2.45, 2.75) is 0 Å². The number of H-pyrrole nitrogens is 1. The lowest BCUT2D eigenvalue weighted by molar-refractivity contribution is 0.557. The molecule has 3 aromatic rings. The van der Waals surface area contributed by atoms with Crippen molar-refractivity contribution in [3.05, 3.63) is 59.3 Å². The molecule has 0 radical (unpaired) electrons. The first kappa shape index (κ1) is 15.9. The normalized spacial score (nSPS) is 11.6. The molecule has 24 heavy (non-hydrogen) atoms. The molecule has 0 atom stereocenters. The largest absolute Gasteiger partial charge is 0.465 e. The van der Waals surface area contributed by atoms with Crippen LogP contribution in [0, 0.1) is 4.77 Å². The van der Waals surface area contributed by atoms with Gasteiger partial charge in [-0.1, -0.05) is 0 Å². The van der Waals surface area contributed by atoms with Crippen LogP contribution in [0.25, 0.3) is 17.5 Å². The minimum absolute atomic E-state index is 0.435. The first-order valence-electron chi connectivity index (χ1n) is 7.35. The van der Waals surface area contributed by atoms with Gasteiger partial charge >= 0.3 is 0 Å². The lowest BCUT2D eigenvalue weighted by Crippen LogP contribution is -2.08. The Morgan fingerprint density at radius 3 is 2.71 bits per heavy atom. The summed E-state index contributed by atoms with van der Waals surface area (Å²) in [4.78, 5) is 2.04. The highest BCUT2D eigenvalue weighted by molar-refractivity contribution is 7.71. The summed E-state index contributed by atoms with van der Waals surface area (Å²) in [7, 11) is 4.00. The molecule has 0 spiro atoms. The molecule has 2 heterocycles. The zero-order valence-corrected chi connectivity index (χ0v) is 14.2. The van der Waals surface area contributed by atoms with Crippen LogP contribution in [0.3, 0.4) is 0 Å². The zero-order chi connectivity index (χ0) is 16.9. The van der Waals surface area contributed by atoms with Crippen LogP contribution in [0.5, 0.6) is 0 Å². The van der Waals surface area contributed by atoms with E-state index in [4.69, 9.17) is 16.6 Å². The highest BCUT2D eigenvalue weighted by atomic mass is 32.1. The van der Waals surface area contributed by atoms with Crippen molar-refractivity contribution in [1.82, 2.24) is 14.9 Å². The van der Waals surface area contributed by atoms with E-state index in [-0.39, 0.29) is 0 Å². The van der Waals surface area contributed by atoms with Crippen molar-refractivity contribution in [3.63, 3.8) is 0 Å². The van der Waals surface area contributed by atoms with E-state index in [1.807, 2.05) is 61.5 Å². The highest BCUT2D eigenvalue weighted by Crippen LogP contribution is 2.20. The van der Waals surface area contributed by atoms with Crippen LogP contribution >= 0.6 is 12.2 Å². The van der Waals surface area contributed by atoms with Gasteiger partial charge < -0.3 is 9.32 Å². The molecule has 0 amide bonds. The van der Waals surface area contributed by atoms with E-state index in [1.165, 1.54) is 0 Å². The summed E-state index contributed by atoms with van der Waals surface area (Å²) in [6, 6.07) is 11.7. The minimum atomic E-state index is 0.435. The van der Waals surface area contributed by atoms with Gasteiger partial charge in [0, 0.05) is 31.6 Å². The maximum absolute atomic E-state index is 5.25. The summed E-state index contributed by atoms with van der Waals surface area (Å²) in [5, 5.41) is 11.4. The number of hydrogen-bond donors (Lipinski definition) is 1. The van der Waals surface area contributed by atoms with E-state index < -0.39 is 0 Å². The van der Waals surface area contributed by atoms with Crippen LogP contribution in [-0.4, -0.2) is 35.2 Å². The van der Waals surface area contributed by atoms with Gasteiger partial charge in [0.25, 0.3) is 0 Å². The molecule has 2 aromatic heterocycles. The lowest BCUT2D eigenvalue weighted by Gasteiger charge is -2.12. The maximum Gasteiger partial charge on any atom is 0.216 e. The van der Waals surface area contributed by atoms with Gasteiger partial charge in [0.2, 0.25) is 4.77 Å². The monoisotopic (exact) mass is 339 g/mol. The predicted molar refractivity (Wildman–Crippen MR) is 98.8 cm³/mol. The van der Waals surface area contributed by atoms with Crippen LogP contribution in [0.2, 0.25) is 0 Å². The Hall–Kier alpha value is -2.93. The van der Waals surface area contributed by atoms with Gasteiger partial charge in [0.1, 0.15) is 5.76 Å². The standard InChI is InChI=1S/C17H17N5OS/c1-21(2)14-9-7-13(8-10-14)16-19-20-17(24)22(16)18-11-3-5-15-6-4-12-23-15/h3-12H,1-2H3,(H,20,24). The fourth-order valence-corrected chi connectivity index (χ4v) is 2.30. The number of allylic oxidation sites excluding steroid dienone is 1. The molecule has 0 fully saturated rings. The van der Waals surface area contributed by atoms with Crippen LogP contribution < -0.4 is 4.90 Å². The Balaban J connectivity index is 1.84. The molecule has 122 valence electrons. The van der Waals surface area contributed by atoms with E-state index in [1.54, 1.807) is 23.2 Å². The summed E-state index contributed by atoms with van der Waals surface area (Å²) in [6.07, 6.45) is 6.87. The Bertz CT molecular complexity index is 901. The third-order valence-corrected chi connectivity index (χ3v) is 3.63. The molecular formula is C17H17N5OS. The van der Waals surface area contributed by atoms with Gasteiger partial charge in [-0.3, -0.25) is 0 Å². The van der Waals surface area contributed by atoms with Crippen LogP contribution in [-0.2, 0) is 0 Å². The van der Waals surface area contributed by atoms with E-state index in [2.05, 4.69) is 15.3 Å². The van der Waals surface area contributed by atoms with Gasteiger partial charge in [0.05, 0.1) is 6.26 Å². The van der Waals surface area contributed by atoms with E-state index in [0.29, 0.717) is 10.6 Å². The first-order valence-corrected chi connectivity index (χ1v) is 7.75. The number of nitrogens with one attached hydrogen (secondary N) is 1. The van der Waals surface area contributed by atoms with E-state index >= 15 is 0 Å². The third-order valence-electron chi connectivity index (χ3n) is 3.36. The molecule has 0 aliphatic heterocycles. The number of rotatable bonds is 5. The molecule has 7 heteroatoms. The first-order chi connectivity index (χ1) is 11.6. The van der Waals surface area contributed by atoms with Crippen molar-refractivity contribution in [1.29, 1.82) is 0 Å². The third kappa shape index (κ3) is 3.52. The molecule has 1 N–H and O–H groups in total. The summed E-state index contributed by atoms with van der Waals surface area (Å²) in [5.74, 6) is 1.42. The van der Waals surface area contributed by atoms with Crippen molar-refractivity contribution in [2.75, 3.05) is 19.0 Å². The minimum Gasteiger partial charge on any atom is -0.465 e. The van der Waals surface area contributed by atoms with Crippen molar-refractivity contribution in [2.24, 2.45) is 5.10 Å². The van der Waals surface area contributed by atoms with Gasteiger partial charge in [-0.15, -0.1) is 0 Å². The zero-order valence-electron chi connectivity index (χ0n) is 13.4. The second-order valence-electron chi connectivity index (χ2n) is 5.24. The smallest absolute Gasteiger partial charge is 0.216 e. The Morgan fingerprint density at radius 2 is 2.04 bits per heavy atom. The average molecular weight is 339 g/mol. The number of benzene rings is 1. The lowest BCUT2D eigenvalue weighted by atomic mass is 10.2. The van der Waals surface area contributed by atoms with E-state index in [0.717, 1.165) is 17.0 Å². The summed E-state index contributed by atoms with van der Waals surface area (Å²) >= 11 is 5.25. The molecule has 6 nitrogen and oxygen atoms in total. The van der Waals surface area contributed by atoms with E-state index in [9.17, 15) is 0 Å². The summed E-state index contributed by atoms with van der Waals surface area (Å²) < 4.78 is 7.24. The number of nitrogens with zero attached hydrogens (tertiary/aromatic N) is 4. The number of aromatic nitrogens is 3. The second kappa shape index (κ2) is 7.10. The van der Waals surface area contributed by atoms with Crippen molar-refractivity contribution >= 4 is 30.2 Å². The fourth-order valence-electron chi connectivity index (χ4n) is 2.12. The van der Waals surface area contributed by atoms with Gasteiger partial charge in [-0.2, -0.15) is 14.9 Å². The maximum atomic E-state index is 5.25. The number of anilines is 1. The van der Waals surface area contributed by atoms with Gasteiger partial charge in [0.15, 0.2) is 5.82 Å². The molecule has 0 saturated carbocycles. The molecule has 1 aromatic carbocycles. The quantitative estimate of drug-likeness (QED) is 0.567. The van der Waals surface area contributed by atoms with Gasteiger partial charge in [-0.25, -0.2) is 5.10 Å². The Labute approximate surface area is 144 Å². The van der Waals surface area contributed by atoms with Crippen molar-refractivity contribution < 1.29 is 4.42 Å². The number of hydrogen-bond acceptors (Lipinski definition) is 5. The molecular weight excluding hydrogens is 322 g/mol. The predicted octanol–water partition coefficient (Wildman–Crippen LogP) is 3.81. The SMILES string of the molecule is CN(C)c1ccc(-c2n[nH]c(=S)n2N=CC=Cc2ccco2)cc1. The number of furan rings is 1. The van der Waals surface area contributed by atoms with Gasteiger partial charge in [-0.05, 0) is 60.8 Å². The Morgan fingerprint density at radius 1 is 1.25 bits per heavy atom. The Kier molecular flexibility index (Phi) is 4.72. The van der Waals surface area contributed by atoms with Crippen LogP contribution in [0.1, 0.15) is 5.76 Å².